The van der Waals surface area contributed by atoms with Crippen LogP contribution in [0.25, 0.3) is 0 Å². The van der Waals surface area contributed by atoms with Gasteiger partial charge in [-0.3, -0.25) is 14.5 Å². The van der Waals surface area contributed by atoms with Gasteiger partial charge in [-0.1, -0.05) is 6.92 Å². The van der Waals surface area contributed by atoms with Gasteiger partial charge in [0.05, 0.1) is 0 Å². The van der Waals surface area contributed by atoms with Crippen LogP contribution in [0, 0.1) is 5.92 Å². The van der Waals surface area contributed by atoms with E-state index in [4.69, 9.17) is 0 Å². The molecule has 2 saturated carbocycles. The van der Waals surface area contributed by atoms with E-state index in [1.165, 1.54) is 19.8 Å². The molecule has 1 N–H and O–H groups in total. The van der Waals surface area contributed by atoms with Crippen molar-refractivity contribution in [1.29, 1.82) is 0 Å². The molecule has 1 heterocycles. The molecule has 2 amide bonds. The third-order valence-corrected chi connectivity index (χ3v) is 5.83. The van der Waals surface area contributed by atoms with E-state index in [2.05, 4.69) is 17.1 Å². The van der Waals surface area contributed by atoms with Gasteiger partial charge in [-0.15, -0.1) is 0 Å². The fourth-order valence-electron chi connectivity index (χ4n) is 4.23. The Kier molecular flexibility index (Phi) is 4.95. The third-order valence-electron chi connectivity index (χ3n) is 5.83. The Morgan fingerprint density at radius 3 is 2.30 bits per heavy atom. The lowest BCUT2D eigenvalue weighted by atomic mass is 9.76. The molecule has 0 spiro atoms. The average Bonchev–Trinajstić information content (AvgIpc) is 3.34. The molecule has 0 unspecified atom stereocenters. The molecule has 0 aromatic carbocycles. The lowest BCUT2D eigenvalue weighted by Crippen LogP contribution is -2.61. The summed E-state index contributed by atoms with van der Waals surface area (Å²) in [4.78, 5) is 29.5. The van der Waals surface area contributed by atoms with Crippen LogP contribution in [0.4, 0.5) is 0 Å². The summed E-state index contributed by atoms with van der Waals surface area (Å²) in [7, 11) is 0. The van der Waals surface area contributed by atoms with Crippen molar-refractivity contribution in [2.75, 3.05) is 26.2 Å². The number of rotatable bonds is 3. The van der Waals surface area contributed by atoms with Crippen LogP contribution in [0.1, 0.15) is 58.8 Å². The Bertz CT molecular complexity index is 453. The zero-order valence-electron chi connectivity index (χ0n) is 14.6. The minimum atomic E-state index is -0.646. The van der Waals surface area contributed by atoms with Crippen molar-refractivity contribution in [1.82, 2.24) is 15.1 Å². The lowest BCUT2D eigenvalue weighted by Gasteiger charge is -2.41. The SMILES string of the molecule is CC(=O)NC1(C(=O)N2CCCN(C3CC3)CC2)CCC(C)CC1. The second-order valence-corrected chi connectivity index (χ2v) is 7.86. The average molecular weight is 321 g/mol. The molecule has 5 nitrogen and oxygen atoms in total. The van der Waals surface area contributed by atoms with Crippen molar-refractivity contribution >= 4 is 11.8 Å². The predicted molar refractivity (Wildman–Crippen MR) is 90.0 cm³/mol. The molecular formula is C18H31N3O2. The molecule has 3 fully saturated rings. The minimum Gasteiger partial charge on any atom is -0.342 e. The van der Waals surface area contributed by atoms with E-state index in [0.29, 0.717) is 5.92 Å². The highest BCUT2D eigenvalue weighted by atomic mass is 16.2. The largest absolute Gasteiger partial charge is 0.342 e. The second-order valence-electron chi connectivity index (χ2n) is 7.86. The molecule has 3 rings (SSSR count). The molecule has 2 aliphatic carbocycles. The molecule has 0 aromatic heterocycles. The number of nitrogens with one attached hydrogen (secondary N) is 1. The van der Waals surface area contributed by atoms with E-state index < -0.39 is 5.54 Å². The standard InChI is InChI=1S/C18H31N3O2/c1-14-6-8-18(9-7-14,19-15(2)22)17(23)21-11-3-10-20(12-13-21)16-4-5-16/h14,16H,3-13H2,1-2H3,(H,19,22). The van der Waals surface area contributed by atoms with Gasteiger partial charge in [-0.2, -0.15) is 0 Å². The van der Waals surface area contributed by atoms with E-state index in [1.54, 1.807) is 0 Å². The Morgan fingerprint density at radius 1 is 1.00 bits per heavy atom. The minimum absolute atomic E-state index is 0.0812. The summed E-state index contributed by atoms with van der Waals surface area (Å²) in [6, 6.07) is 0.768. The Balaban J connectivity index is 1.68. The summed E-state index contributed by atoms with van der Waals surface area (Å²) < 4.78 is 0. The number of amides is 2. The van der Waals surface area contributed by atoms with Crippen molar-refractivity contribution in [2.24, 2.45) is 5.92 Å². The maximum atomic E-state index is 13.3. The molecule has 23 heavy (non-hydrogen) atoms. The van der Waals surface area contributed by atoms with Gasteiger partial charge in [-0.05, 0) is 50.9 Å². The van der Waals surface area contributed by atoms with Gasteiger partial charge >= 0.3 is 0 Å². The van der Waals surface area contributed by atoms with Gasteiger partial charge in [0.15, 0.2) is 0 Å². The molecule has 3 aliphatic rings. The molecule has 1 aliphatic heterocycles. The molecule has 130 valence electrons. The number of carbonyl (C=O) groups is 2. The summed E-state index contributed by atoms with van der Waals surface area (Å²) in [5.41, 5.74) is -0.646. The molecule has 0 aromatic rings. The highest BCUT2D eigenvalue weighted by molar-refractivity contribution is 5.91. The maximum absolute atomic E-state index is 13.3. The van der Waals surface area contributed by atoms with Crippen LogP contribution in [0.15, 0.2) is 0 Å². The molecular weight excluding hydrogens is 290 g/mol. The summed E-state index contributed by atoms with van der Waals surface area (Å²) in [5.74, 6) is 0.735. The summed E-state index contributed by atoms with van der Waals surface area (Å²) in [6.07, 6.45) is 7.31. The first-order chi connectivity index (χ1) is 11.0. The van der Waals surface area contributed by atoms with Crippen LogP contribution in [-0.4, -0.2) is 59.4 Å². The van der Waals surface area contributed by atoms with E-state index in [0.717, 1.165) is 64.3 Å². The Labute approximate surface area is 139 Å². The van der Waals surface area contributed by atoms with E-state index >= 15 is 0 Å². The van der Waals surface area contributed by atoms with Crippen molar-refractivity contribution in [3.05, 3.63) is 0 Å². The van der Waals surface area contributed by atoms with Gasteiger partial charge in [0.25, 0.3) is 0 Å². The van der Waals surface area contributed by atoms with Crippen molar-refractivity contribution in [3.8, 4) is 0 Å². The Morgan fingerprint density at radius 2 is 1.70 bits per heavy atom. The summed E-state index contributed by atoms with van der Waals surface area (Å²) in [5, 5.41) is 3.04. The first kappa shape index (κ1) is 16.7. The zero-order valence-corrected chi connectivity index (χ0v) is 14.6. The molecule has 5 heteroatoms. The number of nitrogens with zero attached hydrogens (tertiary/aromatic N) is 2. The highest BCUT2D eigenvalue weighted by Gasteiger charge is 2.44. The molecule has 0 bridgehead atoms. The first-order valence-electron chi connectivity index (χ1n) is 9.32. The predicted octanol–water partition coefficient (Wildman–Crippen LogP) is 1.77. The second kappa shape index (κ2) is 6.80. The van der Waals surface area contributed by atoms with Gasteiger partial charge in [0.2, 0.25) is 11.8 Å². The Hall–Kier alpha value is -1.10. The number of carbonyl (C=O) groups excluding carboxylic acids is 2. The molecule has 0 radical (unpaired) electrons. The van der Waals surface area contributed by atoms with E-state index in [9.17, 15) is 9.59 Å². The zero-order chi connectivity index (χ0) is 16.4. The van der Waals surface area contributed by atoms with Crippen LogP contribution >= 0.6 is 0 Å². The van der Waals surface area contributed by atoms with Gasteiger partial charge in [0, 0.05) is 39.1 Å². The fraction of sp³-hybridized carbons (Fsp3) is 0.889. The third kappa shape index (κ3) is 3.87. The quantitative estimate of drug-likeness (QED) is 0.862. The topological polar surface area (TPSA) is 52.7 Å². The van der Waals surface area contributed by atoms with Crippen LogP contribution in [0.5, 0.6) is 0 Å². The van der Waals surface area contributed by atoms with E-state index in [-0.39, 0.29) is 11.8 Å². The number of hydrogen-bond acceptors (Lipinski definition) is 3. The van der Waals surface area contributed by atoms with Crippen molar-refractivity contribution in [2.45, 2.75) is 70.4 Å². The van der Waals surface area contributed by atoms with Gasteiger partial charge in [0.1, 0.15) is 5.54 Å². The van der Waals surface area contributed by atoms with Crippen molar-refractivity contribution in [3.63, 3.8) is 0 Å². The normalized spacial score (nSPS) is 33.1. The van der Waals surface area contributed by atoms with Crippen LogP contribution < -0.4 is 5.32 Å². The van der Waals surface area contributed by atoms with Crippen LogP contribution in [-0.2, 0) is 9.59 Å². The molecule has 0 atom stereocenters. The summed E-state index contributed by atoms with van der Waals surface area (Å²) in [6.45, 7) is 7.51. The maximum Gasteiger partial charge on any atom is 0.248 e. The lowest BCUT2D eigenvalue weighted by molar-refractivity contribution is -0.143. The van der Waals surface area contributed by atoms with Crippen LogP contribution in [0.2, 0.25) is 0 Å². The van der Waals surface area contributed by atoms with Crippen LogP contribution in [0.3, 0.4) is 0 Å². The van der Waals surface area contributed by atoms with E-state index in [1.807, 2.05) is 4.90 Å². The number of hydrogen-bond donors (Lipinski definition) is 1. The fourth-order valence-corrected chi connectivity index (χ4v) is 4.23. The highest BCUT2D eigenvalue weighted by Crippen LogP contribution is 2.34. The van der Waals surface area contributed by atoms with Gasteiger partial charge < -0.3 is 10.2 Å². The monoisotopic (exact) mass is 321 g/mol. The van der Waals surface area contributed by atoms with Gasteiger partial charge in [-0.25, -0.2) is 0 Å². The summed E-state index contributed by atoms with van der Waals surface area (Å²) >= 11 is 0. The molecule has 1 saturated heterocycles. The van der Waals surface area contributed by atoms with Crippen molar-refractivity contribution < 1.29 is 9.59 Å². The first-order valence-corrected chi connectivity index (χ1v) is 9.32. The smallest absolute Gasteiger partial charge is 0.248 e.